The summed E-state index contributed by atoms with van der Waals surface area (Å²) in [5, 5.41) is 3.25. The summed E-state index contributed by atoms with van der Waals surface area (Å²) in [5.41, 5.74) is 3.19. The monoisotopic (exact) mass is 329 g/mol. The predicted molar refractivity (Wildman–Crippen MR) is 95.0 cm³/mol. The zero-order valence-corrected chi connectivity index (χ0v) is 14.8. The highest BCUT2D eigenvalue weighted by atomic mass is 16.2. The third kappa shape index (κ3) is 3.31. The van der Waals surface area contributed by atoms with Crippen molar-refractivity contribution < 1.29 is 9.59 Å². The summed E-state index contributed by atoms with van der Waals surface area (Å²) < 4.78 is 0. The topological polar surface area (TPSA) is 52.7 Å². The SMILES string of the molecule is CNC1CCCN(C(=O)C2CCN(c3cc(C)cc(C)c3)C2=O)C1. The van der Waals surface area contributed by atoms with Gasteiger partial charge in [0, 0.05) is 31.4 Å². The minimum absolute atomic E-state index is 0.00632. The molecule has 0 spiro atoms. The van der Waals surface area contributed by atoms with E-state index in [2.05, 4.69) is 11.4 Å². The van der Waals surface area contributed by atoms with Gasteiger partial charge in [0.15, 0.2) is 0 Å². The number of piperidine rings is 1. The van der Waals surface area contributed by atoms with Gasteiger partial charge in [0.25, 0.3) is 0 Å². The maximum atomic E-state index is 12.8. The zero-order chi connectivity index (χ0) is 17.3. The smallest absolute Gasteiger partial charge is 0.239 e. The summed E-state index contributed by atoms with van der Waals surface area (Å²) in [7, 11) is 1.93. The molecule has 1 aromatic carbocycles. The second-order valence-electron chi connectivity index (χ2n) is 7.09. The van der Waals surface area contributed by atoms with E-state index in [4.69, 9.17) is 0 Å². The van der Waals surface area contributed by atoms with Crippen LogP contribution in [0.5, 0.6) is 0 Å². The van der Waals surface area contributed by atoms with Gasteiger partial charge in [0.2, 0.25) is 11.8 Å². The first-order chi connectivity index (χ1) is 11.5. The third-order valence-electron chi connectivity index (χ3n) is 5.16. The number of anilines is 1. The van der Waals surface area contributed by atoms with Crippen molar-refractivity contribution in [1.82, 2.24) is 10.2 Å². The lowest BCUT2D eigenvalue weighted by Crippen LogP contribution is -2.49. The molecule has 0 aromatic heterocycles. The fourth-order valence-electron chi connectivity index (χ4n) is 3.91. The molecule has 0 aliphatic carbocycles. The van der Waals surface area contributed by atoms with Crippen LogP contribution >= 0.6 is 0 Å². The van der Waals surface area contributed by atoms with Crippen molar-refractivity contribution in [2.24, 2.45) is 5.92 Å². The molecule has 2 unspecified atom stereocenters. The maximum Gasteiger partial charge on any atom is 0.239 e. The number of likely N-dealkylation sites (N-methyl/N-ethyl adjacent to an activating group) is 1. The molecule has 2 saturated heterocycles. The quantitative estimate of drug-likeness (QED) is 0.861. The van der Waals surface area contributed by atoms with Gasteiger partial charge in [-0.2, -0.15) is 0 Å². The molecular formula is C19H27N3O2. The fraction of sp³-hybridized carbons (Fsp3) is 0.579. The average Bonchev–Trinajstić information content (AvgIpc) is 2.95. The molecule has 2 aliphatic heterocycles. The number of carbonyl (C=O) groups is 2. The van der Waals surface area contributed by atoms with Crippen LogP contribution in [0.4, 0.5) is 5.69 Å². The number of amides is 2. The second kappa shape index (κ2) is 6.93. The van der Waals surface area contributed by atoms with E-state index in [-0.39, 0.29) is 11.8 Å². The molecule has 2 atom stereocenters. The van der Waals surface area contributed by atoms with E-state index in [1.807, 2.05) is 37.9 Å². The predicted octanol–water partition coefficient (Wildman–Crippen LogP) is 1.87. The number of hydrogen-bond acceptors (Lipinski definition) is 3. The summed E-state index contributed by atoms with van der Waals surface area (Å²) in [6.07, 6.45) is 2.71. The molecule has 1 N–H and O–H groups in total. The molecular weight excluding hydrogens is 302 g/mol. The number of aryl methyl sites for hydroxylation is 2. The Kier molecular flexibility index (Phi) is 4.90. The fourth-order valence-corrected chi connectivity index (χ4v) is 3.91. The minimum atomic E-state index is -0.513. The van der Waals surface area contributed by atoms with Crippen molar-refractivity contribution in [2.45, 2.75) is 39.2 Å². The maximum absolute atomic E-state index is 12.8. The molecule has 2 heterocycles. The molecule has 5 heteroatoms. The van der Waals surface area contributed by atoms with Crippen molar-refractivity contribution in [3.8, 4) is 0 Å². The van der Waals surface area contributed by atoms with Crippen molar-refractivity contribution in [3.05, 3.63) is 29.3 Å². The molecule has 0 saturated carbocycles. The summed E-state index contributed by atoms with van der Waals surface area (Å²) in [6.45, 7) is 6.17. The van der Waals surface area contributed by atoms with Gasteiger partial charge in [-0.15, -0.1) is 0 Å². The van der Waals surface area contributed by atoms with Crippen LogP contribution in [0.25, 0.3) is 0 Å². The number of nitrogens with zero attached hydrogens (tertiary/aromatic N) is 2. The number of likely N-dealkylation sites (tertiary alicyclic amines) is 1. The summed E-state index contributed by atoms with van der Waals surface area (Å²) in [4.78, 5) is 29.3. The van der Waals surface area contributed by atoms with Gasteiger partial charge < -0.3 is 15.1 Å². The highest BCUT2D eigenvalue weighted by molar-refractivity contribution is 6.09. The second-order valence-corrected chi connectivity index (χ2v) is 7.09. The Hall–Kier alpha value is -1.88. The lowest BCUT2D eigenvalue weighted by molar-refractivity contribution is -0.140. The Morgan fingerprint density at radius 2 is 1.83 bits per heavy atom. The molecule has 0 radical (unpaired) electrons. The molecule has 2 aliphatic rings. The lowest BCUT2D eigenvalue weighted by atomic mass is 10.0. The number of hydrogen-bond donors (Lipinski definition) is 1. The first kappa shape index (κ1) is 17.0. The van der Waals surface area contributed by atoms with Crippen molar-refractivity contribution in [1.29, 1.82) is 0 Å². The van der Waals surface area contributed by atoms with Crippen LogP contribution in [0, 0.1) is 19.8 Å². The molecule has 0 bridgehead atoms. The van der Waals surface area contributed by atoms with Crippen LogP contribution < -0.4 is 10.2 Å². The average molecular weight is 329 g/mol. The normalized spacial score (nSPS) is 24.5. The van der Waals surface area contributed by atoms with E-state index in [1.54, 1.807) is 4.90 Å². The lowest BCUT2D eigenvalue weighted by Gasteiger charge is -2.33. The van der Waals surface area contributed by atoms with Crippen LogP contribution in [0.1, 0.15) is 30.4 Å². The van der Waals surface area contributed by atoms with Gasteiger partial charge in [-0.25, -0.2) is 0 Å². The molecule has 24 heavy (non-hydrogen) atoms. The highest BCUT2D eigenvalue weighted by Gasteiger charge is 2.40. The molecule has 1 aromatic rings. The van der Waals surface area contributed by atoms with Crippen molar-refractivity contribution in [2.75, 3.05) is 31.6 Å². The zero-order valence-electron chi connectivity index (χ0n) is 14.8. The molecule has 5 nitrogen and oxygen atoms in total. The van der Waals surface area contributed by atoms with E-state index in [0.29, 0.717) is 25.6 Å². The van der Waals surface area contributed by atoms with E-state index in [9.17, 15) is 9.59 Å². The Labute approximate surface area is 144 Å². The number of rotatable bonds is 3. The van der Waals surface area contributed by atoms with Crippen LogP contribution in [-0.4, -0.2) is 49.4 Å². The molecule has 3 rings (SSSR count). The Morgan fingerprint density at radius 3 is 2.50 bits per heavy atom. The Bertz CT molecular complexity index is 623. The van der Waals surface area contributed by atoms with Crippen molar-refractivity contribution >= 4 is 17.5 Å². The van der Waals surface area contributed by atoms with Crippen LogP contribution in [0.15, 0.2) is 18.2 Å². The summed E-state index contributed by atoms with van der Waals surface area (Å²) >= 11 is 0. The van der Waals surface area contributed by atoms with Gasteiger partial charge in [0.05, 0.1) is 0 Å². The van der Waals surface area contributed by atoms with E-state index >= 15 is 0 Å². The largest absolute Gasteiger partial charge is 0.340 e. The first-order valence-corrected chi connectivity index (χ1v) is 8.85. The Morgan fingerprint density at radius 1 is 1.12 bits per heavy atom. The number of benzene rings is 1. The molecule has 2 amide bonds. The van der Waals surface area contributed by atoms with Gasteiger partial charge >= 0.3 is 0 Å². The van der Waals surface area contributed by atoms with E-state index < -0.39 is 5.92 Å². The first-order valence-electron chi connectivity index (χ1n) is 8.85. The summed E-state index contributed by atoms with van der Waals surface area (Å²) in [6, 6.07) is 6.48. The van der Waals surface area contributed by atoms with Crippen LogP contribution in [0.2, 0.25) is 0 Å². The number of carbonyl (C=O) groups excluding carboxylic acids is 2. The molecule has 130 valence electrons. The van der Waals surface area contributed by atoms with Crippen molar-refractivity contribution in [3.63, 3.8) is 0 Å². The van der Waals surface area contributed by atoms with E-state index in [0.717, 1.165) is 36.2 Å². The summed E-state index contributed by atoms with van der Waals surface area (Å²) in [5.74, 6) is -0.551. The van der Waals surface area contributed by atoms with Gasteiger partial charge in [-0.05, 0) is 63.4 Å². The van der Waals surface area contributed by atoms with Gasteiger partial charge in [0.1, 0.15) is 5.92 Å². The standard InChI is InChI=1S/C19H27N3O2/c1-13-9-14(2)11-16(10-13)22-8-6-17(19(22)24)18(23)21-7-4-5-15(12-21)20-3/h9-11,15,17,20H,4-8,12H2,1-3H3. The number of nitrogens with one attached hydrogen (secondary N) is 1. The highest BCUT2D eigenvalue weighted by Crippen LogP contribution is 2.28. The van der Waals surface area contributed by atoms with Gasteiger partial charge in [-0.3, -0.25) is 9.59 Å². The van der Waals surface area contributed by atoms with Crippen LogP contribution in [-0.2, 0) is 9.59 Å². The Balaban J connectivity index is 1.72. The molecule has 2 fully saturated rings. The minimum Gasteiger partial charge on any atom is -0.340 e. The van der Waals surface area contributed by atoms with Crippen LogP contribution in [0.3, 0.4) is 0 Å². The third-order valence-corrected chi connectivity index (χ3v) is 5.16. The van der Waals surface area contributed by atoms with Gasteiger partial charge in [-0.1, -0.05) is 6.07 Å². The van der Waals surface area contributed by atoms with E-state index in [1.165, 1.54) is 0 Å².